The van der Waals surface area contributed by atoms with Crippen molar-refractivity contribution in [2.45, 2.75) is 24.2 Å². The van der Waals surface area contributed by atoms with Gasteiger partial charge in [0.15, 0.2) is 0 Å². The van der Waals surface area contributed by atoms with E-state index < -0.39 is 16.4 Å². The van der Waals surface area contributed by atoms with Crippen LogP contribution in [0.5, 0.6) is 5.88 Å². The van der Waals surface area contributed by atoms with Crippen LogP contribution in [0, 0.1) is 0 Å². The number of hydrogen-bond donors (Lipinski definition) is 2. The molecule has 0 amide bonds. The predicted molar refractivity (Wildman–Crippen MR) is 105 cm³/mol. The van der Waals surface area contributed by atoms with Crippen LogP contribution < -0.4 is 9.46 Å². The number of aromatic amines is 1. The maximum atomic E-state index is 12.8. The van der Waals surface area contributed by atoms with Crippen LogP contribution in [0.2, 0.25) is 5.02 Å². The summed E-state index contributed by atoms with van der Waals surface area (Å²) in [6.07, 6.45) is -0.263. The normalized spacial score (nSPS) is 11.9. The monoisotopic (exact) mass is 494 g/mol. The van der Waals surface area contributed by atoms with E-state index in [0.29, 0.717) is 26.0 Å². The smallest absolute Gasteiger partial charge is 0.266 e. The van der Waals surface area contributed by atoms with Gasteiger partial charge >= 0.3 is 0 Å². The standard InChI is InChI=1S/C16H14BrClF2N4O3S/c1-27-15-8(2-5-12(19)20)6-22-16(23-15)24-28(25,26)11-7-21-14-9(11)3-4-10(18)13(14)17/h3-4,6-7,12,21H,2,5H2,1H3,(H,22,23,24). The molecule has 0 unspecified atom stereocenters. The Morgan fingerprint density at radius 2 is 2.14 bits per heavy atom. The minimum atomic E-state index is -4.04. The van der Waals surface area contributed by atoms with Crippen molar-refractivity contribution >= 4 is 54.4 Å². The average Bonchev–Trinajstić information content (AvgIpc) is 3.09. The number of H-pyrrole nitrogens is 1. The molecule has 1 aromatic carbocycles. The topological polar surface area (TPSA) is 97.0 Å². The van der Waals surface area contributed by atoms with Crippen LogP contribution in [0.1, 0.15) is 12.0 Å². The number of nitrogens with zero attached hydrogens (tertiary/aromatic N) is 2. The molecular formula is C16H14BrClF2N4O3S. The molecular weight excluding hydrogens is 482 g/mol. The quantitative estimate of drug-likeness (QED) is 0.507. The van der Waals surface area contributed by atoms with Gasteiger partial charge in [-0.3, -0.25) is 0 Å². The zero-order valence-electron chi connectivity index (χ0n) is 14.3. The molecule has 0 fully saturated rings. The Balaban J connectivity index is 1.91. The van der Waals surface area contributed by atoms with Crippen LogP contribution in [0.25, 0.3) is 10.9 Å². The van der Waals surface area contributed by atoms with Gasteiger partial charge in [0, 0.05) is 29.8 Å². The molecule has 0 saturated carbocycles. The molecule has 3 rings (SSSR count). The summed E-state index contributed by atoms with van der Waals surface area (Å²) in [5.41, 5.74) is 0.880. The highest BCUT2D eigenvalue weighted by atomic mass is 79.9. The lowest BCUT2D eigenvalue weighted by Crippen LogP contribution is -2.15. The first-order valence-corrected chi connectivity index (χ1v) is 10.5. The van der Waals surface area contributed by atoms with Gasteiger partial charge < -0.3 is 9.72 Å². The van der Waals surface area contributed by atoms with Gasteiger partial charge in [-0.1, -0.05) is 11.6 Å². The number of aryl methyl sites for hydroxylation is 1. The maximum Gasteiger partial charge on any atom is 0.266 e. The molecule has 150 valence electrons. The number of sulfonamides is 1. The van der Waals surface area contributed by atoms with Gasteiger partial charge in [-0.05, 0) is 34.5 Å². The summed E-state index contributed by atoms with van der Waals surface area (Å²) >= 11 is 9.33. The summed E-state index contributed by atoms with van der Waals surface area (Å²) in [4.78, 5) is 10.7. The summed E-state index contributed by atoms with van der Waals surface area (Å²) in [5, 5.41) is 0.850. The maximum absolute atomic E-state index is 12.8. The highest BCUT2D eigenvalue weighted by molar-refractivity contribution is 9.10. The average molecular weight is 496 g/mol. The van der Waals surface area contributed by atoms with Gasteiger partial charge in [-0.25, -0.2) is 26.9 Å². The van der Waals surface area contributed by atoms with Gasteiger partial charge in [0.05, 0.1) is 22.1 Å². The van der Waals surface area contributed by atoms with E-state index in [9.17, 15) is 17.2 Å². The van der Waals surface area contributed by atoms with Crippen molar-refractivity contribution in [2.75, 3.05) is 11.8 Å². The molecule has 0 saturated heterocycles. The SMILES string of the molecule is COc1nc(NS(=O)(=O)c2c[nH]c3c(Br)c(Cl)ccc23)ncc1CCC(F)F. The van der Waals surface area contributed by atoms with Crippen molar-refractivity contribution in [1.29, 1.82) is 0 Å². The second-order valence-corrected chi connectivity index (χ2v) is 8.55. The molecule has 0 spiro atoms. The van der Waals surface area contributed by atoms with Gasteiger partial charge in [-0.15, -0.1) is 0 Å². The lowest BCUT2D eigenvalue weighted by atomic mass is 10.2. The summed E-state index contributed by atoms with van der Waals surface area (Å²) in [5.74, 6) is -0.207. The van der Waals surface area contributed by atoms with Crippen LogP contribution in [-0.4, -0.2) is 36.9 Å². The van der Waals surface area contributed by atoms with Gasteiger partial charge in [0.1, 0.15) is 4.90 Å². The number of anilines is 1. The fraction of sp³-hybridized carbons (Fsp3) is 0.250. The van der Waals surface area contributed by atoms with Crippen LogP contribution in [0.15, 0.2) is 33.9 Å². The van der Waals surface area contributed by atoms with E-state index >= 15 is 0 Å². The van der Waals surface area contributed by atoms with E-state index in [-0.39, 0.29) is 29.6 Å². The molecule has 2 heterocycles. The Kier molecular flexibility index (Phi) is 6.06. The third-order valence-corrected chi connectivity index (χ3v) is 6.61. The number of benzene rings is 1. The molecule has 0 aliphatic heterocycles. The van der Waals surface area contributed by atoms with Crippen molar-refractivity contribution in [1.82, 2.24) is 15.0 Å². The van der Waals surface area contributed by atoms with Crippen molar-refractivity contribution in [3.8, 4) is 5.88 Å². The van der Waals surface area contributed by atoms with E-state index in [2.05, 4.69) is 35.6 Å². The highest BCUT2D eigenvalue weighted by Crippen LogP contribution is 2.34. The summed E-state index contributed by atoms with van der Waals surface area (Å²) in [6, 6.07) is 3.14. The zero-order chi connectivity index (χ0) is 20.5. The Morgan fingerprint density at radius 1 is 1.39 bits per heavy atom. The number of rotatable bonds is 7. The number of methoxy groups -OCH3 is 1. The largest absolute Gasteiger partial charge is 0.481 e. The molecule has 2 N–H and O–H groups in total. The first-order chi connectivity index (χ1) is 13.2. The third-order valence-electron chi connectivity index (χ3n) is 3.87. The zero-order valence-corrected chi connectivity index (χ0v) is 17.5. The van der Waals surface area contributed by atoms with Crippen molar-refractivity contribution < 1.29 is 21.9 Å². The predicted octanol–water partition coefficient (Wildman–Crippen LogP) is 4.38. The number of aromatic nitrogens is 3. The van der Waals surface area contributed by atoms with Gasteiger partial charge in [0.2, 0.25) is 18.3 Å². The Morgan fingerprint density at radius 3 is 2.82 bits per heavy atom. The van der Waals surface area contributed by atoms with Gasteiger partial charge in [-0.2, -0.15) is 4.98 Å². The number of alkyl halides is 2. The van der Waals surface area contributed by atoms with E-state index in [0.717, 1.165) is 0 Å². The number of ether oxygens (including phenoxy) is 1. The first-order valence-electron chi connectivity index (χ1n) is 7.89. The Labute approximate surface area is 172 Å². The molecule has 12 heteroatoms. The summed E-state index contributed by atoms with van der Waals surface area (Å²) in [7, 11) is -2.72. The summed E-state index contributed by atoms with van der Waals surface area (Å²) in [6.45, 7) is 0. The van der Waals surface area contributed by atoms with Crippen LogP contribution >= 0.6 is 27.5 Å². The van der Waals surface area contributed by atoms with Crippen molar-refractivity contribution in [3.05, 3.63) is 39.6 Å². The van der Waals surface area contributed by atoms with Crippen LogP contribution in [0.3, 0.4) is 0 Å². The molecule has 0 bridgehead atoms. The molecule has 7 nitrogen and oxygen atoms in total. The minimum absolute atomic E-state index is 0.00506. The second kappa shape index (κ2) is 8.18. The van der Waals surface area contributed by atoms with Crippen molar-refractivity contribution in [2.24, 2.45) is 0 Å². The Hall–Kier alpha value is -1.98. The fourth-order valence-electron chi connectivity index (χ4n) is 2.56. The van der Waals surface area contributed by atoms with E-state index in [4.69, 9.17) is 16.3 Å². The molecule has 3 aromatic rings. The van der Waals surface area contributed by atoms with Crippen LogP contribution in [0.4, 0.5) is 14.7 Å². The minimum Gasteiger partial charge on any atom is -0.481 e. The molecule has 28 heavy (non-hydrogen) atoms. The first kappa shape index (κ1) is 20.7. The molecule has 0 atom stereocenters. The molecule has 0 aliphatic rings. The number of hydrogen-bond acceptors (Lipinski definition) is 5. The van der Waals surface area contributed by atoms with E-state index in [1.807, 2.05) is 0 Å². The number of nitrogens with one attached hydrogen (secondary N) is 2. The van der Waals surface area contributed by atoms with Crippen LogP contribution in [-0.2, 0) is 16.4 Å². The third kappa shape index (κ3) is 4.20. The Bertz CT molecular complexity index is 1120. The molecule has 0 radical (unpaired) electrons. The van der Waals surface area contributed by atoms with E-state index in [1.165, 1.54) is 19.5 Å². The lowest BCUT2D eigenvalue weighted by Gasteiger charge is -2.10. The van der Waals surface area contributed by atoms with Gasteiger partial charge in [0.25, 0.3) is 10.0 Å². The van der Waals surface area contributed by atoms with E-state index in [1.54, 1.807) is 12.1 Å². The molecule has 0 aliphatic carbocycles. The summed E-state index contributed by atoms with van der Waals surface area (Å²) < 4.78 is 58.2. The molecule has 2 aromatic heterocycles. The number of fused-ring (bicyclic) bond motifs is 1. The second-order valence-electron chi connectivity index (χ2n) is 5.70. The highest BCUT2D eigenvalue weighted by Gasteiger charge is 2.22. The number of halogens is 4. The fourth-order valence-corrected chi connectivity index (χ4v) is 4.30. The lowest BCUT2D eigenvalue weighted by molar-refractivity contribution is 0.137. The van der Waals surface area contributed by atoms with Crippen molar-refractivity contribution in [3.63, 3.8) is 0 Å².